The van der Waals surface area contributed by atoms with Crippen molar-refractivity contribution >= 4 is 10.0 Å². The lowest BCUT2D eigenvalue weighted by molar-refractivity contribution is 0.0653. The van der Waals surface area contributed by atoms with Gasteiger partial charge in [0.05, 0.1) is 11.0 Å². The van der Waals surface area contributed by atoms with Gasteiger partial charge in [-0.3, -0.25) is 0 Å². The molecule has 1 saturated carbocycles. The normalized spacial score (nSPS) is 23.5. The Hall–Kier alpha value is -1.18. The van der Waals surface area contributed by atoms with Gasteiger partial charge in [0.1, 0.15) is 0 Å². The van der Waals surface area contributed by atoms with Gasteiger partial charge in [0.15, 0.2) is 11.6 Å². The summed E-state index contributed by atoms with van der Waals surface area (Å²) in [6.07, 6.45) is 1.55. The van der Waals surface area contributed by atoms with Crippen LogP contribution in [0, 0.1) is 11.7 Å². The molecule has 5 nitrogen and oxygen atoms in total. The van der Waals surface area contributed by atoms with Crippen LogP contribution in [-0.2, 0) is 10.0 Å². The van der Waals surface area contributed by atoms with Crippen molar-refractivity contribution in [2.75, 3.05) is 6.54 Å². The largest absolute Gasteiger partial charge is 0.487 e. The van der Waals surface area contributed by atoms with Crippen molar-refractivity contribution in [1.82, 2.24) is 0 Å². The lowest BCUT2D eigenvalue weighted by Gasteiger charge is -2.34. The van der Waals surface area contributed by atoms with Crippen LogP contribution >= 0.6 is 0 Å². The molecule has 4 N–H and O–H groups in total. The van der Waals surface area contributed by atoms with Crippen molar-refractivity contribution in [3.63, 3.8) is 0 Å². The number of hydrogen-bond donors (Lipinski definition) is 2. The first-order valence-corrected chi connectivity index (χ1v) is 7.14. The standard InChI is InChI=1S/C11H15FN2O3S/c12-10-5-9(18(14,15)16)1-2-11(10)17-8-3-7(4-8)6-13/h1-2,5,7-8H,3-4,6,13H2,(H2,14,15,16). The Morgan fingerprint density at radius 3 is 2.56 bits per heavy atom. The Kier molecular flexibility index (Phi) is 3.56. The van der Waals surface area contributed by atoms with Crippen LogP contribution in [-0.4, -0.2) is 21.1 Å². The van der Waals surface area contributed by atoms with Crippen LogP contribution in [0.15, 0.2) is 23.1 Å². The fourth-order valence-electron chi connectivity index (χ4n) is 1.90. The van der Waals surface area contributed by atoms with Crippen LogP contribution in [0.4, 0.5) is 4.39 Å². The number of hydrogen-bond acceptors (Lipinski definition) is 4. The summed E-state index contributed by atoms with van der Waals surface area (Å²) in [4.78, 5) is -0.263. The molecule has 0 radical (unpaired) electrons. The minimum atomic E-state index is -3.89. The van der Waals surface area contributed by atoms with Gasteiger partial charge in [-0.1, -0.05) is 0 Å². The summed E-state index contributed by atoms with van der Waals surface area (Å²) in [6, 6.07) is 3.38. The molecule has 2 rings (SSSR count). The van der Waals surface area contributed by atoms with Gasteiger partial charge in [-0.25, -0.2) is 17.9 Å². The number of sulfonamides is 1. The summed E-state index contributed by atoms with van der Waals surface area (Å²) in [7, 11) is -3.89. The quantitative estimate of drug-likeness (QED) is 0.840. The first-order chi connectivity index (χ1) is 8.40. The zero-order chi connectivity index (χ0) is 13.3. The van der Waals surface area contributed by atoms with Crippen molar-refractivity contribution in [2.45, 2.75) is 23.8 Å². The summed E-state index contributed by atoms with van der Waals surface area (Å²) in [6.45, 7) is 0.604. The van der Waals surface area contributed by atoms with Crippen LogP contribution in [0.2, 0.25) is 0 Å². The number of nitrogens with two attached hydrogens (primary N) is 2. The Labute approximate surface area is 105 Å². The van der Waals surface area contributed by atoms with E-state index in [1.165, 1.54) is 12.1 Å². The second-order valence-corrected chi connectivity index (χ2v) is 6.01. The molecule has 1 aliphatic rings. The van der Waals surface area contributed by atoms with E-state index >= 15 is 0 Å². The zero-order valence-corrected chi connectivity index (χ0v) is 10.5. The highest BCUT2D eigenvalue weighted by atomic mass is 32.2. The molecule has 1 aliphatic carbocycles. The van der Waals surface area contributed by atoms with E-state index < -0.39 is 15.8 Å². The van der Waals surface area contributed by atoms with E-state index in [4.69, 9.17) is 15.6 Å². The van der Waals surface area contributed by atoms with Crippen LogP contribution < -0.4 is 15.6 Å². The fourth-order valence-corrected chi connectivity index (χ4v) is 2.42. The van der Waals surface area contributed by atoms with Crippen molar-refractivity contribution in [2.24, 2.45) is 16.8 Å². The summed E-state index contributed by atoms with van der Waals surface area (Å²) >= 11 is 0. The van der Waals surface area contributed by atoms with Gasteiger partial charge >= 0.3 is 0 Å². The maximum atomic E-state index is 13.6. The molecular formula is C11H15FN2O3S. The Morgan fingerprint density at radius 2 is 2.06 bits per heavy atom. The third-order valence-electron chi connectivity index (χ3n) is 3.05. The van der Waals surface area contributed by atoms with Gasteiger partial charge in [-0.05, 0) is 43.5 Å². The second-order valence-electron chi connectivity index (χ2n) is 4.45. The molecule has 0 unspecified atom stereocenters. The van der Waals surface area contributed by atoms with Crippen LogP contribution in [0.1, 0.15) is 12.8 Å². The fraction of sp³-hybridized carbons (Fsp3) is 0.455. The van der Waals surface area contributed by atoms with E-state index in [-0.39, 0.29) is 16.7 Å². The molecular weight excluding hydrogens is 259 g/mol. The average molecular weight is 274 g/mol. The number of ether oxygens (including phenoxy) is 1. The minimum Gasteiger partial charge on any atom is -0.487 e. The van der Waals surface area contributed by atoms with Gasteiger partial charge < -0.3 is 10.5 Å². The minimum absolute atomic E-state index is 0.0443. The second kappa shape index (κ2) is 4.83. The van der Waals surface area contributed by atoms with Gasteiger partial charge in [0.2, 0.25) is 10.0 Å². The molecule has 1 fully saturated rings. The predicted molar refractivity (Wildman–Crippen MR) is 64.0 cm³/mol. The first-order valence-electron chi connectivity index (χ1n) is 5.59. The maximum absolute atomic E-state index is 13.6. The molecule has 100 valence electrons. The summed E-state index contributed by atoms with van der Waals surface area (Å²) in [5, 5.41) is 4.90. The molecule has 1 aromatic carbocycles. The predicted octanol–water partition coefficient (Wildman–Crippen LogP) is 0.589. The molecule has 1 aromatic rings. The highest BCUT2D eigenvalue weighted by molar-refractivity contribution is 7.89. The monoisotopic (exact) mass is 274 g/mol. The van der Waals surface area contributed by atoms with Crippen LogP contribution in [0.25, 0.3) is 0 Å². The zero-order valence-electron chi connectivity index (χ0n) is 9.67. The number of halogens is 1. The van der Waals surface area contributed by atoms with Crippen LogP contribution in [0.5, 0.6) is 5.75 Å². The molecule has 0 bridgehead atoms. The molecule has 18 heavy (non-hydrogen) atoms. The van der Waals surface area contributed by atoms with E-state index in [0.29, 0.717) is 12.5 Å². The maximum Gasteiger partial charge on any atom is 0.238 e. The third-order valence-corrected chi connectivity index (χ3v) is 3.96. The molecule has 0 saturated heterocycles. The number of rotatable bonds is 4. The Balaban J connectivity index is 2.07. The van der Waals surface area contributed by atoms with Crippen molar-refractivity contribution in [3.8, 4) is 5.75 Å². The molecule has 0 spiro atoms. The number of benzene rings is 1. The van der Waals surface area contributed by atoms with E-state index in [1.54, 1.807) is 0 Å². The Morgan fingerprint density at radius 1 is 1.39 bits per heavy atom. The molecule has 0 atom stereocenters. The highest BCUT2D eigenvalue weighted by Gasteiger charge is 2.30. The molecule has 7 heteroatoms. The summed E-state index contributed by atoms with van der Waals surface area (Å²) < 4.78 is 41.1. The highest BCUT2D eigenvalue weighted by Crippen LogP contribution is 2.32. The number of primary sulfonamides is 1. The van der Waals surface area contributed by atoms with E-state index in [9.17, 15) is 12.8 Å². The smallest absolute Gasteiger partial charge is 0.238 e. The summed E-state index contributed by atoms with van der Waals surface area (Å²) in [5.41, 5.74) is 5.48. The van der Waals surface area contributed by atoms with E-state index in [1.807, 2.05) is 0 Å². The van der Waals surface area contributed by atoms with Gasteiger partial charge in [0, 0.05) is 0 Å². The molecule has 0 aliphatic heterocycles. The van der Waals surface area contributed by atoms with E-state index in [0.717, 1.165) is 18.9 Å². The van der Waals surface area contributed by atoms with Crippen molar-refractivity contribution in [3.05, 3.63) is 24.0 Å². The average Bonchev–Trinajstić information content (AvgIpc) is 2.23. The SMILES string of the molecule is NCC1CC(Oc2ccc(S(N)(=O)=O)cc2F)C1. The first kappa shape index (κ1) is 13.3. The lowest BCUT2D eigenvalue weighted by Crippen LogP contribution is -2.37. The molecule has 0 amide bonds. The van der Waals surface area contributed by atoms with Gasteiger partial charge in [-0.15, -0.1) is 0 Å². The molecule has 0 heterocycles. The lowest BCUT2D eigenvalue weighted by atomic mass is 9.82. The van der Waals surface area contributed by atoms with Crippen molar-refractivity contribution in [1.29, 1.82) is 0 Å². The Bertz CT molecular complexity index is 541. The van der Waals surface area contributed by atoms with Crippen LogP contribution in [0.3, 0.4) is 0 Å². The van der Waals surface area contributed by atoms with Gasteiger partial charge in [0.25, 0.3) is 0 Å². The third kappa shape index (κ3) is 2.80. The summed E-state index contributed by atoms with van der Waals surface area (Å²) in [5.74, 6) is -0.248. The topological polar surface area (TPSA) is 95.4 Å². The van der Waals surface area contributed by atoms with E-state index in [2.05, 4.69) is 0 Å². The van der Waals surface area contributed by atoms with Gasteiger partial charge in [-0.2, -0.15) is 0 Å². The van der Waals surface area contributed by atoms with Crippen molar-refractivity contribution < 1.29 is 17.5 Å². The molecule has 0 aromatic heterocycles.